The Morgan fingerprint density at radius 1 is 0.736 bits per heavy atom. The number of anilines is 3. The molecule has 0 saturated carbocycles. The quantitative estimate of drug-likeness (QED) is 0.0847. The van der Waals surface area contributed by atoms with Gasteiger partial charge in [0.25, 0.3) is 0 Å². The van der Waals surface area contributed by atoms with Crippen LogP contribution in [0.1, 0.15) is 18.4 Å². The summed E-state index contributed by atoms with van der Waals surface area (Å²) in [7, 11) is 7.80. The number of methoxy groups -OCH3 is 3. The van der Waals surface area contributed by atoms with Crippen molar-refractivity contribution in [3.63, 3.8) is 0 Å². The highest BCUT2D eigenvalue weighted by Crippen LogP contribution is 2.40. The highest BCUT2D eigenvalue weighted by molar-refractivity contribution is 7.98. The van der Waals surface area contributed by atoms with Gasteiger partial charge in [0.05, 0.1) is 34.2 Å². The molecule has 0 aliphatic heterocycles. The van der Waals surface area contributed by atoms with Crippen LogP contribution in [-0.4, -0.2) is 73.6 Å². The summed E-state index contributed by atoms with van der Waals surface area (Å²) in [4.78, 5) is 33.9. The van der Waals surface area contributed by atoms with E-state index in [-0.39, 0.29) is 35.5 Å². The van der Waals surface area contributed by atoms with Crippen molar-refractivity contribution in [3.8, 4) is 39.6 Å². The molecule has 1 aromatic heterocycles. The van der Waals surface area contributed by atoms with Gasteiger partial charge in [-0.3, -0.25) is 9.59 Å². The monoisotopic (exact) mass is 750 g/mol. The first-order valence-electron chi connectivity index (χ1n) is 16.1. The highest BCUT2D eigenvalue weighted by atomic mass is 32.2. The number of carboxylic acids is 2. The van der Waals surface area contributed by atoms with Crippen molar-refractivity contribution >= 4 is 40.9 Å². The van der Waals surface area contributed by atoms with E-state index in [1.807, 2.05) is 11.0 Å². The second-order valence-electron chi connectivity index (χ2n) is 11.9. The third-order valence-corrected chi connectivity index (χ3v) is 9.55. The topological polar surface area (TPSA) is 137 Å². The number of H-pyrrole nitrogens is 1. The van der Waals surface area contributed by atoms with E-state index in [2.05, 4.69) is 4.98 Å². The van der Waals surface area contributed by atoms with Crippen LogP contribution >= 0.6 is 11.8 Å². The number of imidazole rings is 1. The molecule has 0 amide bonds. The first-order chi connectivity index (χ1) is 25.3. The summed E-state index contributed by atoms with van der Waals surface area (Å²) in [6.07, 6.45) is -0.757. The SMILES string of the molecule is COc1cc(-c2nc(SCc3c(F)cc(-c4ccc(N(C)C(CC(=O)O)CC(=O)O)cc4)cc3F)[nH]c2N(C)c2ccc(OC)c(OC)c2)ccc1F. The van der Waals surface area contributed by atoms with Crippen LogP contribution in [-0.2, 0) is 15.3 Å². The summed E-state index contributed by atoms with van der Waals surface area (Å²) < 4.78 is 61.4. The molecular formula is C38H37F3N4O7S. The fourth-order valence-electron chi connectivity index (χ4n) is 5.72. The van der Waals surface area contributed by atoms with E-state index in [4.69, 9.17) is 19.2 Å². The Hall–Kier alpha value is -5.83. The summed E-state index contributed by atoms with van der Waals surface area (Å²) >= 11 is 1.08. The van der Waals surface area contributed by atoms with Gasteiger partial charge in [0.15, 0.2) is 28.2 Å². The van der Waals surface area contributed by atoms with Gasteiger partial charge in [-0.1, -0.05) is 23.9 Å². The van der Waals surface area contributed by atoms with Gasteiger partial charge in [-0.05, 0) is 65.7 Å². The molecule has 11 nitrogen and oxygen atoms in total. The summed E-state index contributed by atoms with van der Waals surface area (Å²) in [6, 6.07) is 17.8. The number of nitrogens with zero attached hydrogens (tertiary/aromatic N) is 3. The molecule has 0 spiro atoms. The molecule has 5 aromatic rings. The Bertz CT molecular complexity index is 2070. The molecule has 0 aliphatic rings. The maximum atomic E-state index is 15.5. The van der Waals surface area contributed by atoms with Gasteiger partial charge in [0.2, 0.25) is 0 Å². The van der Waals surface area contributed by atoms with E-state index in [0.29, 0.717) is 50.7 Å². The maximum absolute atomic E-state index is 15.5. The van der Waals surface area contributed by atoms with Crippen molar-refractivity contribution in [2.45, 2.75) is 29.8 Å². The normalized spacial score (nSPS) is 11.0. The molecule has 0 unspecified atom stereocenters. The molecule has 0 atom stereocenters. The third-order valence-electron chi connectivity index (χ3n) is 8.65. The molecule has 15 heteroatoms. The molecule has 0 fully saturated rings. The number of hydrogen-bond donors (Lipinski definition) is 3. The van der Waals surface area contributed by atoms with E-state index in [1.54, 1.807) is 61.5 Å². The molecule has 5 rings (SSSR count). The Morgan fingerprint density at radius 3 is 1.91 bits per heavy atom. The molecular weight excluding hydrogens is 714 g/mol. The number of carboxylic acid groups (broad SMARTS) is 2. The lowest BCUT2D eigenvalue weighted by molar-refractivity contribution is -0.139. The van der Waals surface area contributed by atoms with E-state index >= 15 is 8.78 Å². The molecule has 53 heavy (non-hydrogen) atoms. The molecule has 0 aliphatic carbocycles. The van der Waals surface area contributed by atoms with Crippen molar-refractivity contribution in [3.05, 3.63) is 95.8 Å². The van der Waals surface area contributed by atoms with Gasteiger partial charge in [-0.15, -0.1) is 0 Å². The molecule has 4 aromatic carbocycles. The van der Waals surface area contributed by atoms with Crippen LogP contribution in [0.2, 0.25) is 0 Å². The number of aliphatic carboxylic acids is 2. The predicted molar refractivity (Wildman–Crippen MR) is 196 cm³/mol. The van der Waals surface area contributed by atoms with Gasteiger partial charge >= 0.3 is 11.9 Å². The van der Waals surface area contributed by atoms with E-state index in [0.717, 1.165) is 11.8 Å². The van der Waals surface area contributed by atoms with Crippen LogP contribution in [0.4, 0.5) is 30.4 Å². The molecule has 278 valence electrons. The number of carbonyl (C=O) groups is 2. The zero-order chi connectivity index (χ0) is 38.4. The summed E-state index contributed by atoms with van der Waals surface area (Å²) in [5.41, 5.74) is 2.82. The smallest absolute Gasteiger partial charge is 0.305 e. The molecule has 0 saturated heterocycles. The van der Waals surface area contributed by atoms with Crippen molar-refractivity contribution in [2.24, 2.45) is 0 Å². The van der Waals surface area contributed by atoms with Crippen molar-refractivity contribution in [1.29, 1.82) is 0 Å². The first-order valence-corrected chi connectivity index (χ1v) is 17.1. The molecule has 0 radical (unpaired) electrons. The Labute approximate surface area is 307 Å². The number of thioether (sulfide) groups is 1. The van der Waals surface area contributed by atoms with Crippen LogP contribution in [0, 0.1) is 17.5 Å². The van der Waals surface area contributed by atoms with E-state index < -0.39 is 35.4 Å². The number of aromatic nitrogens is 2. The second-order valence-corrected chi connectivity index (χ2v) is 12.9. The fourth-order valence-corrected chi connectivity index (χ4v) is 6.60. The van der Waals surface area contributed by atoms with Gasteiger partial charge in [-0.2, -0.15) is 0 Å². The summed E-state index contributed by atoms with van der Waals surface area (Å²) in [6.45, 7) is 0. The zero-order valence-corrected chi connectivity index (χ0v) is 30.3. The molecule has 1 heterocycles. The first kappa shape index (κ1) is 38.4. The minimum absolute atomic E-state index is 0.0193. The highest BCUT2D eigenvalue weighted by Gasteiger charge is 2.23. The minimum atomic E-state index is -1.13. The summed E-state index contributed by atoms with van der Waals surface area (Å²) in [5.74, 6) is -2.91. The number of halogens is 3. The number of hydrogen-bond acceptors (Lipinski definition) is 9. The van der Waals surface area contributed by atoms with Crippen LogP contribution in [0.3, 0.4) is 0 Å². The van der Waals surface area contributed by atoms with Gasteiger partial charge in [0, 0.05) is 54.5 Å². The van der Waals surface area contributed by atoms with Gasteiger partial charge < -0.3 is 39.2 Å². The number of benzene rings is 4. The number of rotatable bonds is 16. The fraction of sp³-hybridized carbons (Fsp3) is 0.237. The van der Waals surface area contributed by atoms with Crippen LogP contribution < -0.4 is 24.0 Å². The lowest BCUT2D eigenvalue weighted by Gasteiger charge is -2.28. The summed E-state index contributed by atoms with van der Waals surface area (Å²) in [5, 5.41) is 18.8. The maximum Gasteiger partial charge on any atom is 0.305 e. The van der Waals surface area contributed by atoms with Crippen molar-refractivity contribution in [1.82, 2.24) is 9.97 Å². The van der Waals surface area contributed by atoms with Gasteiger partial charge in [-0.25, -0.2) is 18.2 Å². The van der Waals surface area contributed by atoms with Crippen LogP contribution in [0.5, 0.6) is 17.2 Å². The molecule has 3 N–H and O–H groups in total. The van der Waals surface area contributed by atoms with Crippen LogP contribution in [0.15, 0.2) is 78.0 Å². The number of nitrogens with one attached hydrogen (secondary N) is 1. The van der Waals surface area contributed by atoms with E-state index in [1.165, 1.54) is 45.6 Å². The Morgan fingerprint density at radius 2 is 1.32 bits per heavy atom. The molecule has 0 bridgehead atoms. The van der Waals surface area contributed by atoms with E-state index in [9.17, 15) is 24.2 Å². The Balaban J connectivity index is 1.40. The average molecular weight is 751 g/mol. The second kappa shape index (κ2) is 16.7. The zero-order valence-electron chi connectivity index (χ0n) is 29.4. The van der Waals surface area contributed by atoms with Crippen LogP contribution in [0.25, 0.3) is 22.4 Å². The lowest BCUT2D eigenvalue weighted by atomic mass is 10.0. The lowest BCUT2D eigenvalue weighted by Crippen LogP contribution is -2.35. The van der Waals surface area contributed by atoms with Crippen molar-refractivity contribution in [2.75, 3.05) is 45.2 Å². The standard InChI is InChI=1S/C38H37F3N4O7S/c1-44(26(18-34(46)47)19-35(48)49)24-9-6-21(7-10-24)23-14-29(40)27(30(41)15-23)20-53-38-42-36(22-8-12-28(39)32(16-22)51-4)37(43-38)45(2)25-11-13-31(50-3)33(17-25)52-5/h6-17,26H,18-20H2,1-5H3,(H,42,43)(H,46,47)(H,48,49). The Kier molecular flexibility index (Phi) is 12.1. The average Bonchev–Trinajstić information content (AvgIpc) is 3.57. The van der Waals surface area contributed by atoms with Gasteiger partial charge in [0.1, 0.15) is 23.1 Å². The number of ether oxygens (including phenoxy) is 3. The largest absolute Gasteiger partial charge is 0.494 e. The minimum Gasteiger partial charge on any atom is -0.494 e. The predicted octanol–water partition coefficient (Wildman–Crippen LogP) is 8.00. The number of aromatic amines is 1. The third kappa shape index (κ3) is 8.80. The van der Waals surface area contributed by atoms with Crippen molar-refractivity contribution < 1.29 is 47.2 Å².